The van der Waals surface area contributed by atoms with Crippen LogP contribution >= 0.6 is 0 Å². The maximum Gasteiger partial charge on any atom is 0.586 e. The van der Waals surface area contributed by atoms with Crippen LogP contribution in [0.5, 0.6) is 11.5 Å². The summed E-state index contributed by atoms with van der Waals surface area (Å²) in [6, 6.07) is -1.86. The largest absolute Gasteiger partial charge is 0.586 e. The van der Waals surface area contributed by atoms with Crippen LogP contribution in [-0.2, 0) is 28.5 Å². The Bertz CT molecular complexity index is 2080. The summed E-state index contributed by atoms with van der Waals surface area (Å²) in [7, 11) is 0. The van der Waals surface area contributed by atoms with E-state index in [9.17, 15) is 23.8 Å². The number of rotatable bonds is 9. The number of carbonyl (C=O) groups is 1. The highest BCUT2D eigenvalue weighted by Crippen LogP contribution is 2.52. The molecule has 0 radical (unpaired) electrons. The minimum absolute atomic E-state index is 0.113. The lowest BCUT2D eigenvalue weighted by Gasteiger charge is -2.26. The summed E-state index contributed by atoms with van der Waals surface area (Å²) in [6.45, 7) is -9.83. The number of aliphatic hydroxyl groups is 2. The van der Waals surface area contributed by atoms with Gasteiger partial charge < -0.3 is 24.3 Å². The van der Waals surface area contributed by atoms with E-state index in [-0.39, 0.29) is 4.57 Å². The van der Waals surface area contributed by atoms with Crippen LogP contribution in [0, 0.1) is 5.82 Å². The monoisotopic (exact) mass is 534 g/mol. The lowest BCUT2D eigenvalue weighted by molar-refractivity contribution is -0.286. The lowest BCUT2D eigenvalue weighted by atomic mass is 9.86. The minimum atomic E-state index is -4.45. The molecular formula is C28H30F3NO5. The molecule has 5 rings (SSSR count). The zero-order chi connectivity index (χ0) is 41.7. The van der Waals surface area contributed by atoms with Crippen molar-refractivity contribution >= 4 is 16.7 Å². The maximum atomic E-state index is 16.1. The number of ketones is 1. The molecule has 2 N–H and O–H groups in total. The highest BCUT2D eigenvalue weighted by atomic mass is 19.3. The van der Waals surface area contributed by atoms with Crippen LogP contribution in [0.15, 0.2) is 36.3 Å². The van der Waals surface area contributed by atoms with Gasteiger partial charge in [0.25, 0.3) is 0 Å². The number of nitrogens with zero attached hydrogens (tertiary/aromatic N) is 1. The number of benzene rings is 2. The third kappa shape index (κ3) is 4.48. The standard InChI is InChI=1S/C28H30F3NO5/c1-4-26(2,3)24-10-17-9-16(20(29)13-21(17)32(24)14-19(34)15-33)11-25(35)27(7-8-27)18-5-6-22-23(12-18)37-28(30,31)36-22/h5-6,9-10,12-13,19,33-34H,4,7-8,11,14-15H2,1-3H3/t19-/m1/s1/i2D3,4D2,5D,6D,7D2,8D2,12D,14D2,15D2,19D/t19-,26?. The predicted molar refractivity (Wildman–Crippen MR) is 131 cm³/mol. The Morgan fingerprint density at radius 3 is 2.73 bits per heavy atom. The van der Waals surface area contributed by atoms with Crippen molar-refractivity contribution < 1.29 is 61.0 Å². The van der Waals surface area contributed by atoms with E-state index in [1.165, 1.54) is 0 Å². The first-order chi connectivity index (χ1) is 23.9. The molecule has 3 aromatic rings. The number of aromatic nitrogens is 1. The zero-order valence-electron chi connectivity index (χ0n) is 36.1. The second kappa shape index (κ2) is 8.77. The first-order valence-electron chi connectivity index (χ1n) is 19.1. The van der Waals surface area contributed by atoms with Crippen molar-refractivity contribution in [3.63, 3.8) is 0 Å². The SMILES string of the molecule is [2H]c1c([2H])c(C2(C(=O)Cc3cc4cc(C(C)(C([2H])([2H])[2H])C([2H])([2H])C)n(C([2H])([2H])[C@@]([2H])(O)C([2H])([2H])O)c4cc3F)C([2H])([2H])C2([2H])[2H])c([2H])c2c1OC(F)(F)O2. The van der Waals surface area contributed by atoms with Gasteiger partial charge in [0.1, 0.15) is 11.6 Å². The molecule has 0 saturated heterocycles. The van der Waals surface area contributed by atoms with E-state index >= 15 is 4.39 Å². The van der Waals surface area contributed by atoms with Crippen molar-refractivity contribution in [2.75, 3.05) is 6.56 Å². The van der Waals surface area contributed by atoms with Crippen LogP contribution in [0.2, 0.25) is 0 Å². The summed E-state index contributed by atoms with van der Waals surface area (Å²) in [4.78, 5) is 14.1. The summed E-state index contributed by atoms with van der Waals surface area (Å²) < 4.78 is 193. The van der Waals surface area contributed by atoms with Gasteiger partial charge in [-0.05, 0) is 60.5 Å². The molecule has 198 valence electrons. The molecule has 1 saturated carbocycles. The Hall–Kier alpha value is -3.04. The number of Topliss-reactive ketones (excluding diaryl/α,β-unsaturated/α-hetero) is 1. The molecule has 0 amide bonds. The molecule has 0 spiro atoms. The van der Waals surface area contributed by atoms with E-state index in [1.807, 2.05) is 0 Å². The second-order valence-electron chi connectivity index (χ2n) is 8.49. The normalized spacial score (nSPS) is 31.4. The number of ether oxygens (including phenoxy) is 2. The number of hydrogen-bond donors (Lipinski definition) is 2. The van der Waals surface area contributed by atoms with Gasteiger partial charge in [-0.15, -0.1) is 8.78 Å². The molecule has 6 nitrogen and oxygen atoms in total. The quantitative estimate of drug-likeness (QED) is 0.405. The molecule has 1 aliphatic heterocycles. The Balaban J connectivity index is 1.77. The van der Waals surface area contributed by atoms with Gasteiger partial charge in [0, 0.05) is 35.3 Å². The van der Waals surface area contributed by atoms with E-state index < -0.39 is 138 Å². The minimum Gasteiger partial charge on any atom is -0.395 e. The van der Waals surface area contributed by atoms with Gasteiger partial charge in [-0.1, -0.05) is 26.7 Å². The first kappa shape index (κ1) is 12.2. The van der Waals surface area contributed by atoms with Crippen molar-refractivity contribution in [2.24, 2.45) is 0 Å². The highest BCUT2D eigenvalue weighted by molar-refractivity contribution is 5.95. The molecule has 1 aliphatic carbocycles. The average Bonchev–Trinajstić information content (AvgIpc) is 3.33. The van der Waals surface area contributed by atoms with Gasteiger partial charge in [-0.3, -0.25) is 4.79 Å². The van der Waals surface area contributed by atoms with E-state index in [2.05, 4.69) is 9.47 Å². The average molecular weight is 535 g/mol. The molecule has 1 aromatic heterocycles. The van der Waals surface area contributed by atoms with E-state index in [1.54, 1.807) is 0 Å². The molecule has 2 aromatic carbocycles. The fourth-order valence-electron chi connectivity index (χ4n) is 3.90. The first-order valence-corrected chi connectivity index (χ1v) is 10.6. The van der Waals surface area contributed by atoms with Crippen LogP contribution in [0.3, 0.4) is 0 Å². The molecule has 2 heterocycles. The van der Waals surface area contributed by atoms with Gasteiger partial charge in [0.2, 0.25) is 0 Å². The lowest BCUT2D eigenvalue weighted by Crippen LogP contribution is -2.26. The van der Waals surface area contributed by atoms with Crippen molar-refractivity contribution in [3.05, 3.63) is 59.0 Å². The van der Waals surface area contributed by atoms with Crippen molar-refractivity contribution in [1.29, 1.82) is 0 Å². The number of fused-ring (bicyclic) bond motifs is 2. The number of hydrogen-bond acceptors (Lipinski definition) is 5. The fraction of sp³-hybridized carbons (Fsp3) is 0.464. The summed E-state index contributed by atoms with van der Waals surface area (Å²) in [6.07, 6.45) is -19.5. The van der Waals surface area contributed by atoms with Gasteiger partial charge in [-0.2, -0.15) is 0 Å². The van der Waals surface area contributed by atoms with E-state index in [0.29, 0.717) is 6.07 Å². The number of carbonyl (C=O) groups excluding carboxylic acids is 1. The summed E-state index contributed by atoms with van der Waals surface area (Å²) in [5, 5.41) is 20.2. The zero-order valence-corrected chi connectivity index (χ0v) is 19.1. The van der Waals surface area contributed by atoms with E-state index in [4.69, 9.17) is 23.3 Å². The van der Waals surface area contributed by atoms with Gasteiger partial charge >= 0.3 is 6.29 Å². The molecule has 37 heavy (non-hydrogen) atoms. The topological polar surface area (TPSA) is 80.9 Å². The second-order valence-corrected chi connectivity index (χ2v) is 8.49. The van der Waals surface area contributed by atoms with Crippen molar-refractivity contribution in [2.45, 2.75) is 75.9 Å². The summed E-state index contributed by atoms with van der Waals surface area (Å²) >= 11 is 0. The van der Waals surface area contributed by atoms with Crippen molar-refractivity contribution in [1.82, 2.24) is 4.57 Å². The van der Waals surface area contributed by atoms with Gasteiger partial charge in [-0.25, -0.2) is 4.39 Å². The Labute approximate surface area is 236 Å². The fourth-order valence-corrected chi connectivity index (χ4v) is 3.90. The molecule has 2 atom stereocenters. The maximum absolute atomic E-state index is 16.1. The summed E-state index contributed by atoms with van der Waals surface area (Å²) in [5.41, 5.74) is -9.70. The Kier molecular flexibility index (Phi) is 2.89. The van der Waals surface area contributed by atoms with Crippen LogP contribution < -0.4 is 9.47 Å². The number of halogens is 3. The molecule has 0 bridgehead atoms. The Morgan fingerprint density at radius 1 is 1.35 bits per heavy atom. The van der Waals surface area contributed by atoms with Crippen LogP contribution in [-0.4, -0.2) is 39.5 Å². The molecule has 1 unspecified atom stereocenters. The van der Waals surface area contributed by atoms with Gasteiger partial charge in [0.05, 0.1) is 41.0 Å². The molecular weight excluding hydrogens is 487 g/mol. The summed E-state index contributed by atoms with van der Waals surface area (Å²) in [5.74, 6) is -5.42. The number of alkyl halides is 2. The Morgan fingerprint density at radius 2 is 2.08 bits per heavy atom. The third-order valence-corrected chi connectivity index (χ3v) is 6.01. The molecule has 2 aliphatic rings. The van der Waals surface area contributed by atoms with Crippen LogP contribution in [0.25, 0.3) is 10.9 Å². The van der Waals surface area contributed by atoms with Crippen LogP contribution in [0.4, 0.5) is 13.2 Å². The van der Waals surface area contributed by atoms with Crippen molar-refractivity contribution in [3.8, 4) is 11.5 Å². The third-order valence-electron chi connectivity index (χ3n) is 6.01. The molecule has 9 heteroatoms. The van der Waals surface area contributed by atoms with E-state index in [0.717, 1.165) is 26.0 Å². The molecule has 1 fully saturated rings. The smallest absolute Gasteiger partial charge is 0.395 e. The van der Waals surface area contributed by atoms with Crippen LogP contribution in [0.1, 0.15) is 79.9 Å². The predicted octanol–water partition coefficient (Wildman–Crippen LogP) is 4.99. The van der Waals surface area contributed by atoms with Gasteiger partial charge in [0.15, 0.2) is 11.5 Å². The highest BCUT2D eigenvalue weighted by Gasteiger charge is 2.52.